The molecule has 2 aromatic rings. The third kappa shape index (κ3) is 8.66. The molecule has 1 N–H and O–H groups in total. The number of hydrogen-bond acceptors (Lipinski definition) is 9. The van der Waals surface area contributed by atoms with Crippen LogP contribution in [0.25, 0.3) is 0 Å². The zero-order valence-corrected chi connectivity index (χ0v) is 34.0. The van der Waals surface area contributed by atoms with Gasteiger partial charge < -0.3 is 19.1 Å². The summed E-state index contributed by atoms with van der Waals surface area (Å²) in [7, 11) is -3.91. The fraction of sp³-hybridized carbons (Fsp3) is 0.643. The number of nitrogens with one attached hydrogen (secondary N) is 1. The summed E-state index contributed by atoms with van der Waals surface area (Å²) in [5, 5.41) is 0.732. The van der Waals surface area contributed by atoms with Gasteiger partial charge in [0.1, 0.15) is 11.4 Å². The smallest absolute Gasteiger partial charge is 0.264 e. The van der Waals surface area contributed by atoms with Crippen molar-refractivity contribution < 1.29 is 27.4 Å². The van der Waals surface area contributed by atoms with Crippen molar-refractivity contribution in [2.75, 3.05) is 82.9 Å². The summed E-state index contributed by atoms with van der Waals surface area (Å²) in [6.45, 7) is 17.2. The second-order valence-electron chi connectivity index (χ2n) is 16.4. The Morgan fingerprint density at radius 1 is 1.00 bits per heavy atom. The number of sulfonamides is 1. The number of aryl methyl sites for hydroxylation is 1. The quantitative estimate of drug-likeness (QED) is 0.324. The van der Waals surface area contributed by atoms with Crippen LogP contribution in [0, 0.1) is 23.7 Å². The Morgan fingerprint density at radius 2 is 1.80 bits per heavy atom. The van der Waals surface area contributed by atoms with Crippen molar-refractivity contribution in [3.05, 3.63) is 70.3 Å². The number of anilines is 1. The van der Waals surface area contributed by atoms with Crippen molar-refractivity contribution >= 4 is 33.2 Å². The molecule has 54 heavy (non-hydrogen) atoms. The molecule has 7 rings (SSSR count). The topological polar surface area (TPSA) is 101 Å². The van der Waals surface area contributed by atoms with Crippen molar-refractivity contribution in [1.29, 1.82) is 0 Å². The van der Waals surface area contributed by atoms with Crippen LogP contribution >= 0.6 is 11.6 Å². The Hall–Kier alpha value is -2.67. The maximum Gasteiger partial charge on any atom is 0.264 e. The predicted octanol–water partition coefficient (Wildman–Crippen LogP) is 5.99. The summed E-state index contributed by atoms with van der Waals surface area (Å²) in [6.07, 6.45) is 8.53. The molecule has 12 heteroatoms. The van der Waals surface area contributed by atoms with E-state index in [1.54, 1.807) is 6.07 Å². The molecule has 1 aliphatic carbocycles. The van der Waals surface area contributed by atoms with Crippen LogP contribution < -0.4 is 14.4 Å². The SMILES string of the molecule is CCCc1cc(Cl)ccc1[C@@H]1COc2ccc3cc2N(C1)C[C@@H]1CC[C@H]1[C@](CN1CCN(C2COC2)CC1)(OCC)/C=C/[C@H](C)[C@H](C)CS(=O)(=O)NC3=O. The molecule has 4 heterocycles. The first-order valence-corrected chi connectivity index (χ1v) is 22.2. The lowest BCUT2D eigenvalue weighted by molar-refractivity contribution is -0.119. The zero-order chi connectivity index (χ0) is 38.0. The fourth-order valence-electron chi connectivity index (χ4n) is 9.25. The highest BCUT2D eigenvalue weighted by molar-refractivity contribution is 7.90. The van der Waals surface area contributed by atoms with Gasteiger partial charge in [0.15, 0.2) is 0 Å². The number of amides is 1. The number of piperazine rings is 1. The highest BCUT2D eigenvalue weighted by Gasteiger charge is 2.49. The average molecular weight is 783 g/mol. The fourth-order valence-corrected chi connectivity index (χ4v) is 10.9. The lowest BCUT2D eigenvalue weighted by atomic mass is 9.63. The monoisotopic (exact) mass is 782 g/mol. The van der Waals surface area contributed by atoms with Crippen LogP contribution in [-0.2, 0) is 25.9 Å². The number of halogens is 1. The van der Waals surface area contributed by atoms with Gasteiger partial charge in [-0.25, -0.2) is 13.1 Å². The second kappa shape index (κ2) is 16.8. The molecule has 2 saturated heterocycles. The van der Waals surface area contributed by atoms with E-state index in [-0.39, 0.29) is 29.4 Å². The summed E-state index contributed by atoms with van der Waals surface area (Å²) in [5.74, 6) is 0.308. The number of fused-ring (bicyclic) bond motifs is 2. The van der Waals surface area contributed by atoms with Gasteiger partial charge in [-0.3, -0.25) is 14.6 Å². The van der Waals surface area contributed by atoms with Gasteiger partial charge >= 0.3 is 0 Å². The molecule has 2 aromatic carbocycles. The van der Waals surface area contributed by atoms with Crippen LogP contribution in [0.2, 0.25) is 5.02 Å². The highest BCUT2D eigenvalue weighted by atomic mass is 35.5. The maximum absolute atomic E-state index is 13.6. The second-order valence-corrected chi connectivity index (χ2v) is 18.6. The normalized spacial score (nSPS) is 31.6. The minimum Gasteiger partial charge on any atom is -0.491 e. The number of carbonyl (C=O) groups is 1. The third-order valence-electron chi connectivity index (χ3n) is 12.7. The predicted molar refractivity (Wildman–Crippen MR) is 214 cm³/mol. The van der Waals surface area contributed by atoms with E-state index in [9.17, 15) is 13.2 Å². The number of benzene rings is 2. The van der Waals surface area contributed by atoms with Gasteiger partial charge in [-0.1, -0.05) is 57.0 Å². The highest BCUT2D eigenvalue weighted by Crippen LogP contribution is 2.48. The molecule has 4 aliphatic heterocycles. The van der Waals surface area contributed by atoms with E-state index in [2.05, 4.69) is 64.5 Å². The molecule has 296 valence electrons. The van der Waals surface area contributed by atoms with E-state index in [1.807, 2.05) is 25.1 Å². The van der Waals surface area contributed by atoms with Crippen LogP contribution in [-0.4, -0.2) is 114 Å². The van der Waals surface area contributed by atoms with Gasteiger partial charge in [0.2, 0.25) is 10.0 Å². The molecule has 3 fully saturated rings. The first-order valence-electron chi connectivity index (χ1n) is 20.2. The summed E-state index contributed by atoms with van der Waals surface area (Å²) in [4.78, 5) is 21.1. The standard InChI is InChI=1S/C42H59ClN4O6S/c1-5-7-31-20-35(43)10-11-37(31)34-23-47-22-33-8-12-38(33)42(53-6-2,28-45-16-18-46(19-17-45)36-25-51-26-36)15-14-29(3)30(4)27-54(49,50)44-41(48)32-9-13-40(52-24-34)39(47)21-32/h9-11,13-15,20-21,29-30,33-34,36,38H,5-8,12,16-19,22-28H2,1-4H3,(H,44,48)/b15-14+/t29-,30+,33-,34-,38+,42-/m0/s1. The molecule has 5 aliphatic rings. The molecule has 2 bridgehead atoms. The number of rotatable bonds is 8. The van der Waals surface area contributed by atoms with Crippen LogP contribution in [0.1, 0.15) is 74.4 Å². The van der Waals surface area contributed by atoms with Crippen LogP contribution in [0.3, 0.4) is 0 Å². The van der Waals surface area contributed by atoms with Crippen LogP contribution in [0.4, 0.5) is 5.69 Å². The van der Waals surface area contributed by atoms with E-state index in [0.29, 0.717) is 43.0 Å². The van der Waals surface area contributed by atoms with Crippen LogP contribution in [0.15, 0.2) is 48.6 Å². The van der Waals surface area contributed by atoms with E-state index in [1.165, 1.54) is 11.1 Å². The number of hydrogen-bond donors (Lipinski definition) is 1. The zero-order valence-electron chi connectivity index (χ0n) is 32.5. The molecule has 0 unspecified atom stereocenters. The molecule has 6 atom stereocenters. The lowest BCUT2D eigenvalue weighted by Gasteiger charge is -2.52. The van der Waals surface area contributed by atoms with E-state index < -0.39 is 21.5 Å². The Bertz CT molecular complexity index is 1780. The number of allylic oxidation sites excluding steroid dienone is 1. The third-order valence-corrected chi connectivity index (χ3v) is 14.4. The van der Waals surface area contributed by atoms with Crippen molar-refractivity contribution in [1.82, 2.24) is 14.5 Å². The van der Waals surface area contributed by atoms with Gasteiger partial charge in [0, 0.05) is 68.9 Å². The first kappa shape index (κ1) is 39.6. The number of nitrogens with zero attached hydrogens (tertiary/aromatic N) is 3. The molecular weight excluding hydrogens is 724 g/mol. The lowest BCUT2D eigenvalue weighted by Crippen LogP contribution is -2.61. The van der Waals surface area contributed by atoms with Gasteiger partial charge in [-0.2, -0.15) is 0 Å². The largest absolute Gasteiger partial charge is 0.491 e. The van der Waals surface area contributed by atoms with E-state index in [0.717, 1.165) is 88.9 Å². The van der Waals surface area contributed by atoms with E-state index >= 15 is 0 Å². The van der Waals surface area contributed by atoms with Gasteiger partial charge in [0.25, 0.3) is 5.91 Å². The minimum atomic E-state index is -3.91. The van der Waals surface area contributed by atoms with Gasteiger partial charge in [-0.05, 0) is 91.3 Å². The van der Waals surface area contributed by atoms with Crippen LogP contribution in [0.5, 0.6) is 5.75 Å². The Morgan fingerprint density at radius 3 is 2.48 bits per heavy atom. The molecule has 10 nitrogen and oxygen atoms in total. The Labute approximate surface area is 327 Å². The summed E-state index contributed by atoms with van der Waals surface area (Å²) >= 11 is 6.50. The molecule has 0 radical (unpaired) electrons. The first-order chi connectivity index (χ1) is 26.0. The Balaban J connectivity index is 1.26. The maximum atomic E-state index is 13.6. The molecule has 0 spiro atoms. The number of ether oxygens (including phenoxy) is 3. The van der Waals surface area contributed by atoms with Crippen molar-refractivity contribution in [2.45, 2.75) is 70.9 Å². The van der Waals surface area contributed by atoms with Gasteiger partial charge in [-0.15, -0.1) is 0 Å². The van der Waals surface area contributed by atoms with Gasteiger partial charge in [0.05, 0.1) is 37.3 Å². The van der Waals surface area contributed by atoms with E-state index in [4.69, 9.17) is 25.8 Å². The molecule has 1 saturated carbocycles. The summed E-state index contributed by atoms with van der Waals surface area (Å²) in [6, 6.07) is 12.1. The van der Waals surface area contributed by atoms with Crippen molar-refractivity contribution in [3.8, 4) is 5.75 Å². The van der Waals surface area contributed by atoms with Crippen molar-refractivity contribution in [3.63, 3.8) is 0 Å². The Kier molecular flexibility index (Phi) is 12.3. The van der Waals surface area contributed by atoms with Crippen molar-refractivity contribution in [2.24, 2.45) is 23.7 Å². The average Bonchev–Trinajstić information content (AvgIpc) is 3.27. The molecule has 1 amide bonds. The minimum absolute atomic E-state index is 0.0514. The number of carbonyl (C=O) groups excluding carboxylic acids is 1. The molecule has 0 aromatic heterocycles. The summed E-state index contributed by atoms with van der Waals surface area (Å²) < 4.78 is 48.3. The molecular formula is C42H59ClN4O6S. The summed E-state index contributed by atoms with van der Waals surface area (Å²) in [5.41, 5.74) is 3.06.